The van der Waals surface area contributed by atoms with Gasteiger partial charge in [-0.1, -0.05) is 29.3 Å². The lowest BCUT2D eigenvalue weighted by molar-refractivity contribution is 0.302. The summed E-state index contributed by atoms with van der Waals surface area (Å²) in [6, 6.07) is 6.55. The second-order valence-corrected chi connectivity index (χ2v) is 5.67. The number of aromatic nitrogens is 2. The van der Waals surface area contributed by atoms with Gasteiger partial charge in [0, 0.05) is 17.6 Å². The van der Waals surface area contributed by atoms with Crippen molar-refractivity contribution >= 4 is 39.5 Å². The lowest BCUT2D eigenvalue weighted by Gasteiger charge is -2.09. The predicted molar refractivity (Wildman–Crippen MR) is 80.1 cm³/mol. The molecule has 0 aliphatic heterocycles. The minimum absolute atomic E-state index is 0.132. The molecule has 2 aromatic heterocycles. The van der Waals surface area contributed by atoms with E-state index in [1.54, 1.807) is 29.8 Å². The lowest BCUT2D eigenvalue weighted by Crippen LogP contribution is -2.14. The number of halogens is 2. The van der Waals surface area contributed by atoms with Crippen LogP contribution in [0.3, 0.4) is 0 Å². The first kappa shape index (κ1) is 13.4. The summed E-state index contributed by atoms with van der Waals surface area (Å²) in [7, 11) is 0. The van der Waals surface area contributed by atoms with E-state index in [4.69, 9.17) is 27.9 Å². The van der Waals surface area contributed by atoms with Crippen molar-refractivity contribution in [1.82, 2.24) is 9.38 Å². The summed E-state index contributed by atoms with van der Waals surface area (Å²) in [6.45, 7) is 0.132. The Kier molecular flexibility index (Phi) is 3.65. The van der Waals surface area contributed by atoms with Crippen LogP contribution in [0.4, 0.5) is 0 Å². The molecule has 0 unspecified atom stereocenters. The smallest absolute Gasteiger partial charge is 0.258 e. The van der Waals surface area contributed by atoms with Crippen LogP contribution in [0.25, 0.3) is 4.96 Å². The fourth-order valence-corrected chi connectivity index (χ4v) is 2.97. The van der Waals surface area contributed by atoms with E-state index in [9.17, 15) is 4.79 Å². The summed E-state index contributed by atoms with van der Waals surface area (Å²) >= 11 is 13.4. The van der Waals surface area contributed by atoms with Gasteiger partial charge in [0.2, 0.25) is 0 Å². The minimum atomic E-state index is -0.139. The van der Waals surface area contributed by atoms with E-state index in [0.717, 1.165) is 0 Å². The van der Waals surface area contributed by atoms with Crippen molar-refractivity contribution in [3.63, 3.8) is 0 Å². The first-order chi connectivity index (χ1) is 9.65. The van der Waals surface area contributed by atoms with Crippen molar-refractivity contribution in [3.8, 4) is 5.75 Å². The topological polar surface area (TPSA) is 43.6 Å². The molecule has 0 aliphatic rings. The molecular formula is C13H8Cl2N2O2S. The second kappa shape index (κ2) is 5.44. The van der Waals surface area contributed by atoms with Gasteiger partial charge in [-0.05, 0) is 12.1 Å². The van der Waals surface area contributed by atoms with Crippen LogP contribution >= 0.6 is 34.5 Å². The van der Waals surface area contributed by atoms with Gasteiger partial charge in [0.05, 0.1) is 15.7 Å². The highest BCUT2D eigenvalue weighted by Crippen LogP contribution is 2.32. The van der Waals surface area contributed by atoms with E-state index in [-0.39, 0.29) is 12.2 Å². The lowest BCUT2D eigenvalue weighted by atomic mass is 10.3. The van der Waals surface area contributed by atoms with Gasteiger partial charge in [-0.3, -0.25) is 9.20 Å². The quantitative estimate of drug-likeness (QED) is 0.738. The number of hydrogen-bond donors (Lipinski definition) is 0. The molecule has 0 fully saturated rings. The van der Waals surface area contributed by atoms with Crippen molar-refractivity contribution < 1.29 is 4.74 Å². The molecule has 0 atom stereocenters. The van der Waals surface area contributed by atoms with Crippen molar-refractivity contribution in [2.75, 3.05) is 0 Å². The zero-order valence-corrected chi connectivity index (χ0v) is 12.4. The highest BCUT2D eigenvalue weighted by molar-refractivity contribution is 7.15. The maximum absolute atomic E-state index is 11.8. The van der Waals surface area contributed by atoms with Crippen LogP contribution in [0.5, 0.6) is 5.75 Å². The van der Waals surface area contributed by atoms with Crippen LogP contribution in [-0.2, 0) is 6.61 Å². The second-order valence-electron chi connectivity index (χ2n) is 3.98. The van der Waals surface area contributed by atoms with Gasteiger partial charge in [0.25, 0.3) is 5.56 Å². The van der Waals surface area contributed by atoms with Crippen LogP contribution in [0.1, 0.15) is 5.69 Å². The van der Waals surface area contributed by atoms with Gasteiger partial charge in [-0.15, -0.1) is 11.3 Å². The summed E-state index contributed by atoms with van der Waals surface area (Å²) < 4.78 is 7.05. The normalized spacial score (nSPS) is 10.9. The Labute approximate surface area is 128 Å². The summed E-state index contributed by atoms with van der Waals surface area (Å²) in [5, 5.41) is 2.65. The Bertz CT molecular complexity index is 808. The molecule has 20 heavy (non-hydrogen) atoms. The summed E-state index contributed by atoms with van der Waals surface area (Å²) in [5.41, 5.74) is 0.397. The van der Waals surface area contributed by atoms with E-state index in [1.807, 2.05) is 0 Å². The van der Waals surface area contributed by atoms with Gasteiger partial charge in [-0.2, -0.15) is 0 Å². The molecular weight excluding hydrogens is 319 g/mol. The minimum Gasteiger partial charge on any atom is -0.484 e. The third-order valence-corrected chi connectivity index (χ3v) is 3.99. The molecule has 4 nitrogen and oxygen atoms in total. The molecule has 0 saturated heterocycles. The van der Waals surface area contributed by atoms with Gasteiger partial charge in [0.15, 0.2) is 10.7 Å². The fourth-order valence-electron chi connectivity index (χ4n) is 1.73. The highest BCUT2D eigenvalue weighted by atomic mass is 35.5. The Morgan fingerprint density at radius 2 is 2.05 bits per heavy atom. The summed E-state index contributed by atoms with van der Waals surface area (Å²) in [6.07, 6.45) is 1.69. The Hall–Kier alpha value is -1.56. The molecule has 3 aromatic rings. The average molecular weight is 327 g/mol. The number of ether oxygens (including phenoxy) is 1. The zero-order chi connectivity index (χ0) is 14.1. The molecule has 2 heterocycles. The Morgan fingerprint density at radius 3 is 2.80 bits per heavy atom. The molecule has 7 heteroatoms. The van der Waals surface area contributed by atoms with E-state index in [0.29, 0.717) is 26.4 Å². The van der Waals surface area contributed by atoms with Crippen LogP contribution in [0.2, 0.25) is 10.0 Å². The molecule has 3 rings (SSSR count). The molecule has 0 N–H and O–H groups in total. The molecule has 0 radical (unpaired) electrons. The Morgan fingerprint density at radius 1 is 1.30 bits per heavy atom. The summed E-state index contributed by atoms with van der Waals surface area (Å²) in [4.78, 5) is 16.8. The largest absolute Gasteiger partial charge is 0.484 e. The maximum atomic E-state index is 11.8. The van der Waals surface area contributed by atoms with E-state index in [1.165, 1.54) is 21.8 Å². The van der Waals surface area contributed by atoms with Gasteiger partial charge in [0.1, 0.15) is 6.61 Å². The first-order valence-electron chi connectivity index (χ1n) is 5.68. The highest BCUT2D eigenvalue weighted by Gasteiger charge is 2.09. The average Bonchev–Trinajstić information content (AvgIpc) is 2.87. The molecule has 102 valence electrons. The Balaban J connectivity index is 1.88. The zero-order valence-electron chi connectivity index (χ0n) is 10.0. The third kappa shape index (κ3) is 2.52. The van der Waals surface area contributed by atoms with Gasteiger partial charge >= 0.3 is 0 Å². The van der Waals surface area contributed by atoms with E-state index < -0.39 is 0 Å². The molecule has 0 spiro atoms. The monoisotopic (exact) mass is 326 g/mol. The van der Waals surface area contributed by atoms with Crippen LogP contribution in [-0.4, -0.2) is 9.38 Å². The number of thiazole rings is 1. The standard InChI is InChI=1S/C13H8Cl2N2O2S/c14-9-2-1-3-10(15)12(9)19-7-8-6-11(18)17-4-5-20-13(17)16-8/h1-6H,7H2. The van der Waals surface area contributed by atoms with Gasteiger partial charge < -0.3 is 4.74 Å². The number of hydrogen-bond acceptors (Lipinski definition) is 4. The molecule has 0 bridgehead atoms. The van der Waals surface area contributed by atoms with Crippen molar-refractivity contribution in [2.24, 2.45) is 0 Å². The number of rotatable bonds is 3. The third-order valence-electron chi connectivity index (χ3n) is 2.64. The molecule has 0 amide bonds. The first-order valence-corrected chi connectivity index (χ1v) is 7.31. The van der Waals surface area contributed by atoms with E-state index in [2.05, 4.69) is 4.98 Å². The number of benzene rings is 1. The van der Waals surface area contributed by atoms with Crippen LogP contribution < -0.4 is 10.3 Å². The number of fused-ring (bicyclic) bond motifs is 1. The fraction of sp³-hybridized carbons (Fsp3) is 0.0769. The van der Waals surface area contributed by atoms with E-state index >= 15 is 0 Å². The maximum Gasteiger partial charge on any atom is 0.258 e. The van der Waals surface area contributed by atoms with Crippen molar-refractivity contribution in [2.45, 2.75) is 6.61 Å². The number of para-hydroxylation sites is 1. The van der Waals surface area contributed by atoms with Crippen LogP contribution in [0.15, 0.2) is 40.6 Å². The number of nitrogens with zero attached hydrogens (tertiary/aromatic N) is 2. The molecule has 0 saturated carbocycles. The van der Waals surface area contributed by atoms with Gasteiger partial charge in [-0.25, -0.2) is 4.98 Å². The predicted octanol–water partition coefficient (Wildman–Crippen LogP) is 3.64. The SMILES string of the molecule is O=c1cc(COc2c(Cl)cccc2Cl)nc2sccn12. The molecule has 1 aromatic carbocycles. The molecule has 0 aliphatic carbocycles. The van der Waals surface area contributed by atoms with Crippen molar-refractivity contribution in [1.29, 1.82) is 0 Å². The summed E-state index contributed by atoms with van der Waals surface area (Å²) in [5.74, 6) is 0.393. The van der Waals surface area contributed by atoms with Crippen molar-refractivity contribution in [3.05, 3.63) is 61.9 Å². The van der Waals surface area contributed by atoms with Crippen LogP contribution in [0, 0.1) is 0 Å².